The lowest BCUT2D eigenvalue weighted by atomic mass is 10.3. The number of likely N-dealkylation sites (tertiary alicyclic amines) is 1. The fourth-order valence-electron chi connectivity index (χ4n) is 1.36. The first-order valence-corrected chi connectivity index (χ1v) is 4.55. The summed E-state index contributed by atoms with van der Waals surface area (Å²) in [5.74, 6) is 0.992. The minimum atomic E-state index is 0.430. The lowest BCUT2D eigenvalue weighted by Gasteiger charge is -2.13. The van der Waals surface area contributed by atoms with Gasteiger partial charge in [0.2, 0.25) is 0 Å². The van der Waals surface area contributed by atoms with E-state index < -0.39 is 0 Å². The minimum absolute atomic E-state index is 0.430. The van der Waals surface area contributed by atoms with Gasteiger partial charge in [0, 0.05) is 12.6 Å². The van der Waals surface area contributed by atoms with Gasteiger partial charge in [-0.15, -0.1) is 0 Å². The molecule has 1 rings (SSSR count). The largest absolute Gasteiger partial charge is 0.326 e. The highest BCUT2D eigenvalue weighted by Gasteiger charge is 2.17. The summed E-state index contributed by atoms with van der Waals surface area (Å²) >= 11 is 4.16. The zero-order valence-corrected chi connectivity index (χ0v) is 7.19. The predicted molar refractivity (Wildman–Crippen MR) is 47.5 cm³/mol. The molecule has 1 unspecified atom stereocenters. The van der Waals surface area contributed by atoms with Crippen molar-refractivity contribution >= 4 is 12.6 Å². The average Bonchev–Trinajstić information content (AvgIpc) is 2.31. The molecule has 0 aromatic heterocycles. The van der Waals surface area contributed by atoms with E-state index in [1.54, 1.807) is 0 Å². The Morgan fingerprint density at radius 2 is 2.40 bits per heavy atom. The first kappa shape index (κ1) is 8.37. The van der Waals surface area contributed by atoms with Gasteiger partial charge in [0.15, 0.2) is 0 Å². The Morgan fingerprint density at radius 1 is 1.60 bits per heavy atom. The van der Waals surface area contributed by atoms with E-state index in [0.717, 1.165) is 12.3 Å². The van der Waals surface area contributed by atoms with E-state index in [-0.39, 0.29) is 0 Å². The van der Waals surface area contributed by atoms with Gasteiger partial charge in [-0.25, -0.2) is 0 Å². The van der Waals surface area contributed by atoms with Crippen molar-refractivity contribution in [2.45, 2.75) is 18.9 Å². The molecule has 1 saturated heterocycles. The molecule has 0 aromatic carbocycles. The van der Waals surface area contributed by atoms with E-state index in [0.29, 0.717) is 6.04 Å². The van der Waals surface area contributed by atoms with Gasteiger partial charge in [-0.2, -0.15) is 12.6 Å². The summed E-state index contributed by atoms with van der Waals surface area (Å²) in [5.41, 5.74) is 5.74. The van der Waals surface area contributed by atoms with Gasteiger partial charge in [-0.05, 0) is 31.7 Å². The van der Waals surface area contributed by atoms with Crippen LogP contribution in [-0.4, -0.2) is 36.3 Å². The van der Waals surface area contributed by atoms with Gasteiger partial charge in [0.25, 0.3) is 0 Å². The van der Waals surface area contributed by atoms with Crippen molar-refractivity contribution in [3.05, 3.63) is 0 Å². The van der Waals surface area contributed by atoms with Crippen LogP contribution in [-0.2, 0) is 0 Å². The summed E-state index contributed by atoms with van der Waals surface area (Å²) in [6.45, 7) is 3.46. The van der Waals surface area contributed by atoms with E-state index in [1.807, 2.05) is 0 Å². The Hall–Kier alpha value is 0.270. The van der Waals surface area contributed by atoms with Crippen LogP contribution in [0.3, 0.4) is 0 Å². The number of rotatable bonds is 3. The Bertz CT molecular complexity index is 97.6. The minimum Gasteiger partial charge on any atom is -0.326 e. The topological polar surface area (TPSA) is 29.3 Å². The van der Waals surface area contributed by atoms with E-state index in [1.165, 1.54) is 25.9 Å². The third-order valence-corrected chi connectivity index (χ3v) is 2.26. The Labute approximate surface area is 68.2 Å². The van der Waals surface area contributed by atoms with Gasteiger partial charge >= 0.3 is 0 Å². The molecule has 10 heavy (non-hydrogen) atoms. The number of thiol groups is 1. The van der Waals surface area contributed by atoms with Gasteiger partial charge in [-0.1, -0.05) is 0 Å². The molecule has 0 radical (unpaired) electrons. The van der Waals surface area contributed by atoms with Crippen LogP contribution in [0.15, 0.2) is 0 Å². The van der Waals surface area contributed by atoms with Crippen LogP contribution in [0, 0.1) is 0 Å². The van der Waals surface area contributed by atoms with Crippen LogP contribution >= 0.6 is 12.6 Å². The third kappa shape index (κ3) is 2.48. The highest BCUT2D eigenvalue weighted by molar-refractivity contribution is 7.80. The van der Waals surface area contributed by atoms with Gasteiger partial charge in [0.05, 0.1) is 0 Å². The van der Waals surface area contributed by atoms with Crippen molar-refractivity contribution in [2.75, 3.05) is 25.4 Å². The van der Waals surface area contributed by atoms with Crippen LogP contribution < -0.4 is 5.73 Å². The van der Waals surface area contributed by atoms with Crippen molar-refractivity contribution in [1.29, 1.82) is 0 Å². The first-order valence-electron chi connectivity index (χ1n) is 3.91. The Kier molecular flexibility index (Phi) is 3.52. The molecule has 1 aliphatic rings. The van der Waals surface area contributed by atoms with E-state index in [2.05, 4.69) is 17.5 Å². The zero-order chi connectivity index (χ0) is 7.40. The number of nitrogens with two attached hydrogens (primary N) is 1. The molecular formula is C7H16N2S. The van der Waals surface area contributed by atoms with Crippen LogP contribution in [0.4, 0.5) is 0 Å². The van der Waals surface area contributed by atoms with Gasteiger partial charge in [-0.3, -0.25) is 0 Å². The zero-order valence-electron chi connectivity index (χ0n) is 6.29. The third-order valence-electron chi connectivity index (χ3n) is 1.94. The molecule has 3 heteroatoms. The molecule has 0 bridgehead atoms. The van der Waals surface area contributed by atoms with Crippen molar-refractivity contribution in [3.8, 4) is 0 Å². The fourth-order valence-corrected chi connectivity index (χ4v) is 1.50. The predicted octanol–water partition coefficient (Wildman–Crippen LogP) is 0.339. The molecule has 2 nitrogen and oxygen atoms in total. The van der Waals surface area contributed by atoms with Crippen LogP contribution in [0.1, 0.15) is 12.8 Å². The van der Waals surface area contributed by atoms with Gasteiger partial charge < -0.3 is 10.6 Å². The molecule has 1 fully saturated rings. The Morgan fingerprint density at radius 3 is 2.90 bits per heavy atom. The summed E-state index contributed by atoms with van der Waals surface area (Å²) in [4.78, 5) is 2.42. The number of hydrogen-bond acceptors (Lipinski definition) is 3. The second kappa shape index (κ2) is 4.21. The second-order valence-electron chi connectivity index (χ2n) is 2.93. The van der Waals surface area contributed by atoms with E-state index in [9.17, 15) is 0 Å². The van der Waals surface area contributed by atoms with Crippen molar-refractivity contribution < 1.29 is 0 Å². The lowest BCUT2D eigenvalue weighted by Crippen LogP contribution is -2.27. The summed E-state index contributed by atoms with van der Waals surface area (Å²) in [7, 11) is 0. The van der Waals surface area contributed by atoms with Crippen LogP contribution in [0.5, 0.6) is 0 Å². The standard InChI is InChI=1S/C7H16N2S/c8-7-2-4-9(6-7)3-1-5-10/h7,10H,1-6,8H2. The summed E-state index contributed by atoms with van der Waals surface area (Å²) in [6, 6.07) is 0.430. The van der Waals surface area contributed by atoms with Crippen LogP contribution in [0.25, 0.3) is 0 Å². The van der Waals surface area contributed by atoms with Crippen molar-refractivity contribution in [1.82, 2.24) is 4.90 Å². The highest BCUT2D eigenvalue weighted by atomic mass is 32.1. The van der Waals surface area contributed by atoms with Crippen LogP contribution in [0.2, 0.25) is 0 Å². The maximum Gasteiger partial charge on any atom is 0.0180 e. The molecule has 0 amide bonds. The second-order valence-corrected chi connectivity index (χ2v) is 3.37. The SMILES string of the molecule is NC1CCN(CCCS)C1. The molecule has 0 aliphatic carbocycles. The molecule has 60 valence electrons. The molecule has 1 heterocycles. The molecule has 1 aliphatic heterocycles. The summed E-state index contributed by atoms with van der Waals surface area (Å²) < 4.78 is 0. The molecule has 0 saturated carbocycles. The molecule has 0 spiro atoms. The van der Waals surface area contributed by atoms with E-state index >= 15 is 0 Å². The first-order chi connectivity index (χ1) is 4.83. The average molecular weight is 160 g/mol. The summed E-state index contributed by atoms with van der Waals surface area (Å²) in [6.07, 6.45) is 2.36. The molecule has 0 aromatic rings. The maximum atomic E-state index is 5.74. The van der Waals surface area contributed by atoms with Gasteiger partial charge in [0.1, 0.15) is 0 Å². The molecular weight excluding hydrogens is 144 g/mol. The quantitative estimate of drug-likeness (QED) is 0.583. The van der Waals surface area contributed by atoms with E-state index in [4.69, 9.17) is 5.73 Å². The molecule has 2 N–H and O–H groups in total. The Balaban J connectivity index is 2.06. The smallest absolute Gasteiger partial charge is 0.0180 e. The number of hydrogen-bond donors (Lipinski definition) is 2. The highest BCUT2D eigenvalue weighted by Crippen LogP contribution is 2.06. The summed E-state index contributed by atoms with van der Waals surface area (Å²) in [5, 5.41) is 0. The number of nitrogens with zero attached hydrogens (tertiary/aromatic N) is 1. The molecule has 1 atom stereocenters. The fraction of sp³-hybridized carbons (Fsp3) is 1.00. The van der Waals surface area contributed by atoms with Crippen molar-refractivity contribution in [3.63, 3.8) is 0 Å². The maximum absolute atomic E-state index is 5.74. The van der Waals surface area contributed by atoms with Crippen molar-refractivity contribution in [2.24, 2.45) is 5.73 Å². The monoisotopic (exact) mass is 160 g/mol. The normalized spacial score (nSPS) is 27.6. The lowest BCUT2D eigenvalue weighted by molar-refractivity contribution is 0.336.